The van der Waals surface area contributed by atoms with Crippen LogP contribution >= 0.6 is 50.7 Å². The molecule has 4 aromatic rings. The lowest BCUT2D eigenvalue weighted by atomic mass is 10.1. The van der Waals surface area contributed by atoms with Crippen LogP contribution in [0.1, 0.15) is 23.6 Å². The number of carbonyl (C=O) groups is 3. The second-order valence-corrected chi connectivity index (χ2v) is 11.8. The molecular formula is C33H24BrCl3N2O6. The normalized spacial score (nSPS) is 14.0. The molecule has 12 heteroatoms. The highest BCUT2D eigenvalue weighted by Crippen LogP contribution is 2.38. The second kappa shape index (κ2) is 14.4. The Bertz CT molecular complexity index is 1800. The molecule has 0 aromatic heterocycles. The molecule has 0 radical (unpaired) electrons. The number of amides is 4. The van der Waals surface area contributed by atoms with Crippen LogP contribution in [0, 0.1) is 0 Å². The molecule has 0 saturated carbocycles. The summed E-state index contributed by atoms with van der Waals surface area (Å²) in [5.74, 6) is -0.568. The molecule has 1 fully saturated rings. The van der Waals surface area contributed by atoms with Gasteiger partial charge in [0.25, 0.3) is 11.8 Å². The summed E-state index contributed by atoms with van der Waals surface area (Å²) in [7, 11) is 0. The van der Waals surface area contributed by atoms with E-state index in [9.17, 15) is 14.4 Å². The fourth-order valence-corrected chi connectivity index (χ4v) is 5.36. The molecule has 1 heterocycles. The van der Waals surface area contributed by atoms with Crippen LogP contribution in [-0.4, -0.2) is 24.5 Å². The number of ether oxygens (including phenoxy) is 3. The summed E-state index contributed by atoms with van der Waals surface area (Å²) in [6.45, 7) is 2.50. The Balaban J connectivity index is 1.35. The van der Waals surface area contributed by atoms with Crippen molar-refractivity contribution in [2.24, 2.45) is 0 Å². The first-order valence-electron chi connectivity index (χ1n) is 13.5. The third-order valence-corrected chi connectivity index (χ3v) is 7.94. The van der Waals surface area contributed by atoms with Gasteiger partial charge in [-0.25, -0.2) is 9.69 Å². The molecule has 230 valence electrons. The Morgan fingerprint density at radius 2 is 1.56 bits per heavy atom. The van der Waals surface area contributed by atoms with Crippen molar-refractivity contribution in [3.05, 3.63) is 121 Å². The van der Waals surface area contributed by atoms with Gasteiger partial charge in [-0.2, -0.15) is 0 Å². The summed E-state index contributed by atoms with van der Waals surface area (Å²) in [4.78, 5) is 39.9. The van der Waals surface area contributed by atoms with Crippen LogP contribution in [0.4, 0.5) is 10.5 Å². The van der Waals surface area contributed by atoms with E-state index in [1.165, 1.54) is 12.1 Å². The standard InChI is InChI=1S/C33H24BrCl3N2O6/c1-2-43-29-15-20(14-28(37)30(29)45-18-21-5-8-23(35)16-27(21)36)13-26-31(40)38-33(42)39(32(26)41)24-9-11-25(12-10-24)44-17-19-3-6-22(34)7-4-19/h3-16H,2,17-18H2,1H3,(H,38,40,42)/b26-13+. The van der Waals surface area contributed by atoms with Gasteiger partial charge in [0.2, 0.25) is 0 Å². The van der Waals surface area contributed by atoms with Gasteiger partial charge in [-0.05, 0) is 84.8 Å². The van der Waals surface area contributed by atoms with E-state index in [1.807, 2.05) is 24.3 Å². The van der Waals surface area contributed by atoms with Gasteiger partial charge >= 0.3 is 6.03 Å². The number of rotatable bonds is 10. The Kier molecular flexibility index (Phi) is 10.4. The number of hydrogen-bond donors (Lipinski definition) is 1. The van der Waals surface area contributed by atoms with E-state index in [0.29, 0.717) is 40.1 Å². The largest absolute Gasteiger partial charge is 0.490 e. The van der Waals surface area contributed by atoms with Gasteiger partial charge in [-0.1, -0.05) is 68.9 Å². The van der Waals surface area contributed by atoms with Crippen molar-refractivity contribution in [1.82, 2.24) is 5.32 Å². The molecule has 0 unspecified atom stereocenters. The van der Waals surface area contributed by atoms with Crippen molar-refractivity contribution in [3.8, 4) is 17.2 Å². The van der Waals surface area contributed by atoms with Crippen molar-refractivity contribution in [2.75, 3.05) is 11.5 Å². The SMILES string of the molecule is CCOc1cc(/C=C2\C(=O)NC(=O)N(c3ccc(OCc4ccc(Br)cc4)cc3)C2=O)cc(Cl)c1OCc1ccc(Cl)cc1Cl. The van der Waals surface area contributed by atoms with Crippen molar-refractivity contribution in [1.29, 1.82) is 0 Å². The number of imide groups is 2. The Morgan fingerprint density at radius 1 is 0.822 bits per heavy atom. The molecule has 5 rings (SSSR count). The van der Waals surface area contributed by atoms with E-state index in [4.69, 9.17) is 49.0 Å². The first-order chi connectivity index (χ1) is 21.6. The van der Waals surface area contributed by atoms with Gasteiger partial charge in [-0.15, -0.1) is 0 Å². The Hall–Kier alpha value is -4.02. The molecule has 4 amide bonds. The molecule has 8 nitrogen and oxygen atoms in total. The maximum absolute atomic E-state index is 13.5. The van der Waals surface area contributed by atoms with Crippen LogP contribution in [0.25, 0.3) is 6.08 Å². The quantitative estimate of drug-likeness (QED) is 0.130. The van der Waals surface area contributed by atoms with Crippen molar-refractivity contribution in [2.45, 2.75) is 20.1 Å². The van der Waals surface area contributed by atoms with Crippen LogP contribution < -0.4 is 24.4 Å². The summed E-state index contributed by atoms with van der Waals surface area (Å²) < 4.78 is 18.5. The highest BCUT2D eigenvalue weighted by atomic mass is 79.9. The summed E-state index contributed by atoms with van der Waals surface area (Å²) in [6.07, 6.45) is 1.33. The molecule has 1 N–H and O–H groups in total. The smallest absolute Gasteiger partial charge is 0.335 e. The highest BCUT2D eigenvalue weighted by molar-refractivity contribution is 9.10. The topological polar surface area (TPSA) is 94.2 Å². The van der Waals surface area contributed by atoms with Gasteiger partial charge in [-0.3, -0.25) is 14.9 Å². The maximum Gasteiger partial charge on any atom is 0.335 e. The number of barbiturate groups is 1. The molecule has 1 saturated heterocycles. The summed E-state index contributed by atoms with van der Waals surface area (Å²) in [5.41, 5.74) is 2.02. The van der Waals surface area contributed by atoms with E-state index in [2.05, 4.69) is 21.2 Å². The number of halogens is 4. The average Bonchev–Trinajstić information content (AvgIpc) is 3.00. The first-order valence-corrected chi connectivity index (χ1v) is 15.5. The van der Waals surface area contributed by atoms with Crippen LogP contribution in [0.3, 0.4) is 0 Å². The van der Waals surface area contributed by atoms with Crippen molar-refractivity contribution >= 4 is 80.3 Å². The fraction of sp³-hybridized carbons (Fsp3) is 0.121. The van der Waals surface area contributed by atoms with E-state index >= 15 is 0 Å². The predicted molar refractivity (Wildman–Crippen MR) is 177 cm³/mol. The fourth-order valence-electron chi connectivity index (χ4n) is 4.36. The lowest BCUT2D eigenvalue weighted by molar-refractivity contribution is -0.122. The molecule has 45 heavy (non-hydrogen) atoms. The monoisotopic (exact) mass is 728 g/mol. The van der Waals surface area contributed by atoms with E-state index in [1.54, 1.807) is 55.5 Å². The third-order valence-electron chi connectivity index (χ3n) is 6.55. The van der Waals surface area contributed by atoms with Gasteiger partial charge in [0, 0.05) is 20.1 Å². The summed E-state index contributed by atoms with van der Waals surface area (Å²) >= 11 is 22.2. The number of anilines is 1. The number of hydrogen-bond acceptors (Lipinski definition) is 6. The van der Waals surface area contributed by atoms with Crippen LogP contribution in [0.5, 0.6) is 17.2 Å². The Labute approximate surface area is 282 Å². The predicted octanol–water partition coefficient (Wildman–Crippen LogP) is 8.63. The highest BCUT2D eigenvalue weighted by Gasteiger charge is 2.37. The molecule has 0 bridgehead atoms. The average molecular weight is 731 g/mol. The van der Waals surface area contributed by atoms with Gasteiger partial charge in [0.05, 0.1) is 17.3 Å². The lowest BCUT2D eigenvalue weighted by Crippen LogP contribution is -2.54. The van der Waals surface area contributed by atoms with Gasteiger partial charge in [0.1, 0.15) is 24.5 Å². The molecule has 0 aliphatic carbocycles. The zero-order valence-electron chi connectivity index (χ0n) is 23.6. The van der Waals surface area contributed by atoms with E-state index < -0.39 is 17.8 Å². The maximum atomic E-state index is 13.5. The minimum atomic E-state index is -0.872. The van der Waals surface area contributed by atoms with Crippen LogP contribution in [0.15, 0.2) is 88.9 Å². The number of benzene rings is 4. The molecule has 1 aliphatic rings. The molecule has 0 spiro atoms. The van der Waals surface area contributed by atoms with Crippen LogP contribution in [0.2, 0.25) is 15.1 Å². The zero-order chi connectivity index (χ0) is 32.1. The first kappa shape index (κ1) is 32.4. The second-order valence-electron chi connectivity index (χ2n) is 9.65. The minimum Gasteiger partial charge on any atom is -0.490 e. The zero-order valence-corrected chi connectivity index (χ0v) is 27.5. The summed E-state index contributed by atoms with van der Waals surface area (Å²) in [5, 5.41) is 3.32. The Morgan fingerprint density at radius 3 is 2.24 bits per heavy atom. The molecule has 0 atom stereocenters. The number of carbonyl (C=O) groups excluding carboxylic acids is 3. The number of nitrogens with zero attached hydrogens (tertiary/aromatic N) is 1. The molecule has 4 aromatic carbocycles. The van der Waals surface area contributed by atoms with E-state index in [0.717, 1.165) is 14.9 Å². The number of nitrogens with one attached hydrogen (secondary N) is 1. The molecular weight excluding hydrogens is 707 g/mol. The lowest BCUT2D eigenvalue weighted by Gasteiger charge is -2.26. The van der Waals surface area contributed by atoms with Crippen LogP contribution in [-0.2, 0) is 22.8 Å². The minimum absolute atomic E-state index is 0.0856. The number of urea groups is 1. The van der Waals surface area contributed by atoms with Crippen molar-refractivity contribution in [3.63, 3.8) is 0 Å². The summed E-state index contributed by atoms with van der Waals surface area (Å²) in [6, 6.07) is 21.4. The molecule has 1 aliphatic heterocycles. The van der Waals surface area contributed by atoms with Gasteiger partial charge in [0.15, 0.2) is 11.5 Å². The van der Waals surface area contributed by atoms with Crippen molar-refractivity contribution < 1.29 is 28.6 Å². The third kappa shape index (κ3) is 7.80. The van der Waals surface area contributed by atoms with Gasteiger partial charge < -0.3 is 14.2 Å². The van der Waals surface area contributed by atoms with E-state index in [-0.39, 0.29) is 34.4 Å².